The highest BCUT2D eigenvalue weighted by molar-refractivity contribution is 7.18. The maximum Gasteiger partial charge on any atom is 0.176 e. The number of halogens is 3. The number of hydrogen-bond donors (Lipinski definition) is 1. The highest BCUT2D eigenvalue weighted by atomic mass is 32.1. The van der Waals surface area contributed by atoms with Crippen LogP contribution in [0.15, 0.2) is 23.8 Å². The van der Waals surface area contributed by atoms with E-state index < -0.39 is 23.1 Å². The van der Waals surface area contributed by atoms with Gasteiger partial charge in [0.1, 0.15) is 16.0 Å². The number of thiophene rings is 1. The van der Waals surface area contributed by atoms with E-state index >= 15 is 0 Å². The molecule has 0 radical (unpaired) electrons. The third kappa shape index (κ3) is 3.16. The van der Waals surface area contributed by atoms with E-state index in [0.717, 1.165) is 41.8 Å². The van der Waals surface area contributed by atoms with Crippen molar-refractivity contribution in [1.29, 1.82) is 0 Å². The molecular formula is C21H19F3N4S2. The molecule has 1 saturated heterocycles. The number of nitrogens with zero attached hydrogens (tertiary/aromatic N) is 3. The summed E-state index contributed by atoms with van der Waals surface area (Å²) in [6.07, 6.45) is 3.24. The second kappa shape index (κ2) is 7.47. The molecule has 0 bridgehead atoms. The Morgan fingerprint density at radius 2 is 1.97 bits per heavy atom. The van der Waals surface area contributed by atoms with Crippen molar-refractivity contribution in [1.82, 2.24) is 14.9 Å². The van der Waals surface area contributed by atoms with Gasteiger partial charge >= 0.3 is 0 Å². The molecule has 4 nitrogen and oxygen atoms in total. The molecule has 1 N–H and O–H groups in total. The third-order valence-electron chi connectivity index (χ3n) is 5.97. The summed E-state index contributed by atoms with van der Waals surface area (Å²) in [6.45, 7) is 3.25. The lowest BCUT2D eigenvalue weighted by molar-refractivity contribution is 0.176. The van der Waals surface area contributed by atoms with Crippen LogP contribution in [0, 0.1) is 17.5 Å². The van der Waals surface area contributed by atoms with Crippen molar-refractivity contribution in [3.8, 4) is 0 Å². The first-order valence-corrected chi connectivity index (χ1v) is 11.4. The molecule has 2 unspecified atom stereocenters. The molecule has 2 atom stereocenters. The second-order valence-electron chi connectivity index (χ2n) is 7.69. The van der Waals surface area contributed by atoms with Crippen molar-refractivity contribution in [2.24, 2.45) is 0 Å². The summed E-state index contributed by atoms with van der Waals surface area (Å²) < 4.78 is 44.6. The number of pyridine rings is 1. The van der Waals surface area contributed by atoms with Crippen LogP contribution in [0.1, 0.15) is 30.6 Å². The number of rotatable bonds is 3. The predicted octanol–water partition coefficient (Wildman–Crippen LogP) is 6.26. The van der Waals surface area contributed by atoms with Crippen LogP contribution in [0.3, 0.4) is 0 Å². The Hall–Kier alpha value is -2.23. The zero-order valence-electron chi connectivity index (χ0n) is 16.4. The van der Waals surface area contributed by atoms with E-state index in [4.69, 9.17) is 0 Å². The first-order chi connectivity index (χ1) is 14.4. The van der Waals surface area contributed by atoms with Crippen molar-refractivity contribution in [2.45, 2.75) is 31.7 Å². The molecule has 0 aliphatic carbocycles. The van der Waals surface area contributed by atoms with E-state index in [-0.39, 0.29) is 11.2 Å². The van der Waals surface area contributed by atoms with E-state index in [1.54, 1.807) is 0 Å². The average Bonchev–Trinajstić information content (AvgIpc) is 3.35. The number of benzene rings is 1. The summed E-state index contributed by atoms with van der Waals surface area (Å²) in [6, 6.07) is 3.48. The molecule has 3 aromatic heterocycles. The van der Waals surface area contributed by atoms with Gasteiger partial charge in [-0.25, -0.2) is 23.1 Å². The van der Waals surface area contributed by atoms with Gasteiger partial charge < -0.3 is 10.2 Å². The molecule has 1 fully saturated rings. The summed E-state index contributed by atoms with van der Waals surface area (Å²) in [5.74, 6) is -1.95. The molecule has 1 aliphatic rings. The summed E-state index contributed by atoms with van der Waals surface area (Å²) in [5.41, 5.74) is 1.15. The Kier molecular flexibility index (Phi) is 4.91. The predicted molar refractivity (Wildman–Crippen MR) is 116 cm³/mol. The number of nitrogens with one attached hydrogen (secondary N) is 1. The van der Waals surface area contributed by atoms with Gasteiger partial charge in [-0.2, -0.15) is 0 Å². The average molecular weight is 449 g/mol. The molecule has 0 amide bonds. The van der Waals surface area contributed by atoms with E-state index in [1.807, 2.05) is 6.07 Å². The minimum Gasteiger partial charge on any atom is -0.348 e. The lowest BCUT2D eigenvalue weighted by atomic mass is 9.89. The van der Waals surface area contributed by atoms with Crippen LogP contribution in [0.4, 0.5) is 24.5 Å². The number of likely N-dealkylation sites (N-methyl/N-ethyl adjacent to an activating group) is 1. The summed E-state index contributed by atoms with van der Waals surface area (Å²) in [7, 11) is 2.11. The molecule has 4 aromatic rings. The van der Waals surface area contributed by atoms with Gasteiger partial charge in [-0.3, -0.25) is 0 Å². The topological polar surface area (TPSA) is 41.1 Å². The minimum atomic E-state index is -0.825. The lowest BCUT2D eigenvalue weighted by Crippen LogP contribution is -2.38. The summed E-state index contributed by atoms with van der Waals surface area (Å²) >= 11 is 2.66. The molecule has 0 saturated carbocycles. The molecule has 30 heavy (non-hydrogen) atoms. The van der Waals surface area contributed by atoms with Gasteiger partial charge in [-0.05, 0) is 45.5 Å². The normalized spacial score (nSPS) is 20.3. The molecule has 5 rings (SSSR count). The lowest BCUT2D eigenvalue weighted by Gasteiger charge is -2.36. The Morgan fingerprint density at radius 3 is 2.80 bits per heavy atom. The molecule has 4 heterocycles. The van der Waals surface area contributed by atoms with Crippen molar-refractivity contribution in [2.75, 3.05) is 18.9 Å². The highest BCUT2D eigenvalue weighted by Gasteiger charge is 2.29. The monoisotopic (exact) mass is 448 g/mol. The minimum absolute atomic E-state index is 0.0340. The van der Waals surface area contributed by atoms with Gasteiger partial charge in [0.05, 0.1) is 22.1 Å². The Balaban J connectivity index is 1.60. The van der Waals surface area contributed by atoms with E-state index in [0.29, 0.717) is 26.9 Å². The van der Waals surface area contributed by atoms with Crippen molar-refractivity contribution in [3.05, 3.63) is 46.2 Å². The van der Waals surface area contributed by atoms with Crippen molar-refractivity contribution < 1.29 is 13.2 Å². The van der Waals surface area contributed by atoms with Gasteiger partial charge in [0.25, 0.3) is 0 Å². The van der Waals surface area contributed by atoms with Crippen molar-refractivity contribution >= 4 is 54.5 Å². The Morgan fingerprint density at radius 1 is 1.13 bits per heavy atom. The smallest absolute Gasteiger partial charge is 0.176 e. The fourth-order valence-corrected chi connectivity index (χ4v) is 6.10. The standard InChI is InChI=1S/C21H19F3N4S2/c1-10-11(4-3-5-28(10)2)15-6-12-18(14(23)8-25-21(12)30-15)27-19-13(22)7-16-20(17(19)24)26-9-29-16/h6-11H,3-5H2,1-2H3,(H,25,27). The number of anilines is 2. The van der Waals surface area contributed by atoms with Gasteiger partial charge in [0.15, 0.2) is 17.5 Å². The van der Waals surface area contributed by atoms with Crippen LogP contribution in [-0.2, 0) is 0 Å². The van der Waals surface area contributed by atoms with Crippen LogP contribution in [-0.4, -0.2) is 34.5 Å². The van der Waals surface area contributed by atoms with Gasteiger partial charge in [-0.15, -0.1) is 22.7 Å². The maximum atomic E-state index is 14.9. The SMILES string of the molecule is CC1C(c2cc3c(Nc4c(F)cc5scnc5c4F)c(F)cnc3s2)CCCN1C. The molecule has 156 valence electrons. The van der Waals surface area contributed by atoms with Crippen LogP contribution in [0.25, 0.3) is 20.4 Å². The largest absolute Gasteiger partial charge is 0.348 e. The summed E-state index contributed by atoms with van der Waals surface area (Å²) in [4.78, 5) is 12.3. The molecule has 1 aliphatic heterocycles. The van der Waals surface area contributed by atoms with Crippen LogP contribution in [0.5, 0.6) is 0 Å². The van der Waals surface area contributed by atoms with Gasteiger partial charge in [-0.1, -0.05) is 0 Å². The number of aromatic nitrogens is 2. The fourth-order valence-electron chi connectivity index (χ4n) is 4.16. The molecular weight excluding hydrogens is 429 g/mol. The quantitative estimate of drug-likeness (QED) is 0.401. The first kappa shape index (κ1) is 19.7. The Bertz CT molecular complexity index is 1250. The van der Waals surface area contributed by atoms with Crippen molar-refractivity contribution in [3.63, 3.8) is 0 Å². The summed E-state index contributed by atoms with van der Waals surface area (Å²) in [5, 5.41) is 3.20. The zero-order chi connectivity index (χ0) is 21.0. The number of piperidine rings is 1. The number of thiazole rings is 1. The van der Waals surface area contributed by atoms with Crippen LogP contribution < -0.4 is 5.32 Å². The zero-order valence-corrected chi connectivity index (χ0v) is 18.0. The number of fused-ring (bicyclic) bond motifs is 2. The number of hydrogen-bond acceptors (Lipinski definition) is 6. The third-order valence-corrected chi connectivity index (χ3v) is 7.92. The van der Waals surface area contributed by atoms with Gasteiger partial charge in [0, 0.05) is 22.2 Å². The molecule has 1 aromatic carbocycles. The van der Waals surface area contributed by atoms with Gasteiger partial charge in [0.2, 0.25) is 0 Å². The maximum absolute atomic E-state index is 14.9. The fraction of sp³-hybridized carbons (Fsp3) is 0.333. The Labute approximate surface area is 179 Å². The van der Waals surface area contributed by atoms with E-state index in [2.05, 4.69) is 34.2 Å². The highest BCUT2D eigenvalue weighted by Crippen LogP contribution is 2.41. The molecule has 9 heteroatoms. The molecule has 0 spiro atoms. The second-order valence-corrected chi connectivity index (χ2v) is 9.64. The number of likely N-dealkylation sites (tertiary alicyclic amines) is 1. The van der Waals surface area contributed by atoms with E-state index in [9.17, 15) is 13.2 Å². The van der Waals surface area contributed by atoms with Crippen LogP contribution in [0.2, 0.25) is 0 Å². The first-order valence-electron chi connectivity index (χ1n) is 9.70. The van der Waals surface area contributed by atoms with Crippen LogP contribution >= 0.6 is 22.7 Å². The van der Waals surface area contributed by atoms with E-state index in [1.165, 1.54) is 22.9 Å².